The molecule has 1 aliphatic carbocycles. The Kier molecular flexibility index (Phi) is 4.44. The number of hydrogen-bond donors (Lipinski definition) is 0. The van der Waals surface area contributed by atoms with Crippen molar-refractivity contribution < 1.29 is 16.8 Å². The van der Waals surface area contributed by atoms with Crippen molar-refractivity contribution in [3.05, 3.63) is 24.3 Å². The maximum Gasteiger partial charge on any atom is 0.261 e. The van der Waals surface area contributed by atoms with E-state index >= 15 is 0 Å². The first-order chi connectivity index (χ1) is 9.25. The molecular weight excluding hydrogens is 322 g/mol. The topological polar surface area (TPSA) is 71.5 Å². The standard InChI is InChI=1S/C12H16ClNO4S2/c1-2-14(9-10-3-4-10)20(17,18)12-7-5-11(6-8-12)19(13,15)16/h5-8,10H,2-4,9H2,1H3. The van der Waals surface area contributed by atoms with Crippen LogP contribution in [0.3, 0.4) is 0 Å². The SMILES string of the molecule is CCN(CC1CC1)S(=O)(=O)c1ccc(S(=O)(=O)Cl)cc1. The molecule has 0 saturated heterocycles. The van der Waals surface area contributed by atoms with E-state index in [1.54, 1.807) is 6.92 Å². The van der Waals surface area contributed by atoms with Crippen LogP contribution in [-0.2, 0) is 19.1 Å². The minimum Gasteiger partial charge on any atom is -0.207 e. The predicted octanol–water partition coefficient (Wildman–Crippen LogP) is 2.03. The summed E-state index contributed by atoms with van der Waals surface area (Å²) in [5.41, 5.74) is 0. The maximum absolute atomic E-state index is 12.4. The van der Waals surface area contributed by atoms with E-state index in [1.807, 2.05) is 0 Å². The smallest absolute Gasteiger partial charge is 0.207 e. The van der Waals surface area contributed by atoms with Crippen molar-refractivity contribution >= 4 is 29.8 Å². The lowest BCUT2D eigenvalue weighted by Crippen LogP contribution is -2.32. The molecule has 0 unspecified atom stereocenters. The molecule has 1 aliphatic rings. The average Bonchev–Trinajstić information content (AvgIpc) is 3.18. The molecule has 0 atom stereocenters. The van der Waals surface area contributed by atoms with Crippen molar-refractivity contribution in [2.24, 2.45) is 5.92 Å². The summed E-state index contributed by atoms with van der Waals surface area (Å²) >= 11 is 0. The highest BCUT2D eigenvalue weighted by atomic mass is 35.7. The monoisotopic (exact) mass is 337 g/mol. The van der Waals surface area contributed by atoms with Gasteiger partial charge in [-0.25, -0.2) is 16.8 Å². The fourth-order valence-electron chi connectivity index (χ4n) is 1.91. The van der Waals surface area contributed by atoms with Gasteiger partial charge in [-0.05, 0) is 43.0 Å². The molecule has 0 amide bonds. The molecule has 0 bridgehead atoms. The summed E-state index contributed by atoms with van der Waals surface area (Å²) in [6.07, 6.45) is 2.13. The molecule has 0 heterocycles. The second kappa shape index (κ2) is 5.63. The number of rotatable bonds is 6. The van der Waals surface area contributed by atoms with E-state index in [4.69, 9.17) is 10.7 Å². The molecule has 1 aromatic carbocycles. The van der Waals surface area contributed by atoms with Crippen LogP contribution in [0.5, 0.6) is 0 Å². The lowest BCUT2D eigenvalue weighted by atomic mass is 10.4. The summed E-state index contributed by atoms with van der Waals surface area (Å²) < 4.78 is 48.6. The van der Waals surface area contributed by atoms with Gasteiger partial charge in [-0.2, -0.15) is 4.31 Å². The van der Waals surface area contributed by atoms with E-state index in [2.05, 4.69) is 0 Å². The molecule has 0 N–H and O–H groups in total. The molecule has 1 fully saturated rings. The van der Waals surface area contributed by atoms with Gasteiger partial charge >= 0.3 is 0 Å². The van der Waals surface area contributed by atoms with E-state index < -0.39 is 19.1 Å². The first-order valence-corrected chi connectivity index (χ1v) is 10.0. The zero-order valence-electron chi connectivity index (χ0n) is 11.0. The van der Waals surface area contributed by atoms with Gasteiger partial charge in [-0.3, -0.25) is 0 Å². The van der Waals surface area contributed by atoms with Gasteiger partial charge in [-0.1, -0.05) is 6.92 Å². The number of hydrogen-bond acceptors (Lipinski definition) is 4. The minimum atomic E-state index is -3.84. The highest BCUT2D eigenvalue weighted by molar-refractivity contribution is 8.13. The van der Waals surface area contributed by atoms with Crippen molar-refractivity contribution in [1.82, 2.24) is 4.31 Å². The number of benzene rings is 1. The minimum absolute atomic E-state index is 0.0871. The molecular formula is C12H16ClNO4S2. The van der Waals surface area contributed by atoms with E-state index in [0.717, 1.165) is 12.8 Å². The Morgan fingerprint density at radius 3 is 2.00 bits per heavy atom. The highest BCUT2D eigenvalue weighted by Crippen LogP contribution is 2.31. The molecule has 0 radical (unpaired) electrons. The summed E-state index contributed by atoms with van der Waals surface area (Å²) in [6, 6.07) is 4.97. The van der Waals surface area contributed by atoms with E-state index in [1.165, 1.54) is 28.6 Å². The summed E-state index contributed by atoms with van der Waals surface area (Å²) in [5.74, 6) is 0.451. The zero-order chi connectivity index (χ0) is 15.0. The summed E-state index contributed by atoms with van der Waals surface area (Å²) in [7, 11) is -2.20. The number of sulfonamides is 1. The van der Waals surface area contributed by atoms with Crippen molar-refractivity contribution in [3.63, 3.8) is 0 Å². The van der Waals surface area contributed by atoms with Crippen LogP contribution < -0.4 is 0 Å². The molecule has 1 saturated carbocycles. The second-order valence-corrected chi connectivity index (χ2v) is 9.31. The zero-order valence-corrected chi connectivity index (χ0v) is 13.4. The van der Waals surface area contributed by atoms with Crippen molar-refractivity contribution in [2.75, 3.05) is 13.1 Å². The lowest BCUT2D eigenvalue weighted by Gasteiger charge is -2.20. The quantitative estimate of drug-likeness (QED) is 0.745. The van der Waals surface area contributed by atoms with Crippen LogP contribution in [0.1, 0.15) is 19.8 Å². The van der Waals surface area contributed by atoms with Crippen molar-refractivity contribution in [1.29, 1.82) is 0 Å². The van der Waals surface area contributed by atoms with Gasteiger partial charge in [0.1, 0.15) is 0 Å². The third-order valence-electron chi connectivity index (χ3n) is 3.25. The van der Waals surface area contributed by atoms with Gasteiger partial charge in [-0.15, -0.1) is 0 Å². The maximum atomic E-state index is 12.4. The Hall–Kier alpha value is -0.630. The Morgan fingerprint density at radius 2 is 1.60 bits per heavy atom. The van der Waals surface area contributed by atoms with Gasteiger partial charge < -0.3 is 0 Å². The van der Waals surface area contributed by atoms with Crippen molar-refractivity contribution in [3.8, 4) is 0 Å². The third-order valence-corrected chi connectivity index (χ3v) is 6.58. The van der Waals surface area contributed by atoms with Gasteiger partial charge in [0.05, 0.1) is 9.79 Å². The van der Waals surface area contributed by atoms with Gasteiger partial charge in [0.2, 0.25) is 10.0 Å². The molecule has 2 rings (SSSR count). The van der Waals surface area contributed by atoms with E-state index in [0.29, 0.717) is 19.0 Å². The average molecular weight is 338 g/mol. The first kappa shape index (κ1) is 15.8. The predicted molar refractivity (Wildman–Crippen MR) is 76.6 cm³/mol. The molecule has 5 nitrogen and oxygen atoms in total. The van der Waals surface area contributed by atoms with E-state index in [9.17, 15) is 16.8 Å². The van der Waals surface area contributed by atoms with E-state index in [-0.39, 0.29) is 9.79 Å². The van der Waals surface area contributed by atoms with Crippen LogP contribution in [0.2, 0.25) is 0 Å². The Bertz CT molecular complexity index is 679. The summed E-state index contributed by atoms with van der Waals surface area (Å²) in [4.78, 5) is -0.0209. The fourth-order valence-corrected chi connectivity index (χ4v) is 4.20. The van der Waals surface area contributed by atoms with Crippen LogP contribution in [0.25, 0.3) is 0 Å². The first-order valence-electron chi connectivity index (χ1n) is 6.30. The lowest BCUT2D eigenvalue weighted by molar-refractivity contribution is 0.412. The summed E-state index contributed by atoms with van der Waals surface area (Å²) in [6.45, 7) is 2.71. The van der Waals surface area contributed by atoms with Crippen LogP contribution >= 0.6 is 10.7 Å². The van der Waals surface area contributed by atoms with Gasteiger partial charge in [0.15, 0.2) is 0 Å². The van der Waals surface area contributed by atoms with Crippen LogP contribution in [0.15, 0.2) is 34.1 Å². The molecule has 0 aliphatic heterocycles. The Morgan fingerprint density at radius 1 is 1.10 bits per heavy atom. The highest BCUT2D eigenvalue weighted by Gasteiger charge is 2.30. The third kappa shape index (κ3) is 3.52. The van der Waals surface area contributed by atoms with Gasteiger partial charge in [0.25, 0.3) is 9.05 Å². The number of nitrogens with zero attached hydrogens (tertiary/aromatic N) is 1. The molecule has 0 aromatic heterocycles. The largest absolute Gasteiger partial charge is 0.261 e. The molecule has 0 spiro atoms. The molecule has 112 valence electrons. The Balaban J connectivity index is 2.28. The van der Waals surface area contributed by atoms with Crippen molar-refractivity contribution in [2.45, 2.75) is 29.6 Å². The summed E-state index contributed by atoms with van der Waals surface area (Å²) in [5, 5.41) is 0. The Labute approximate surface area is 124 Å². The molecule has 1 aromatic rings. The van der Waals surface area contributed by atoms with Crippen LogP contribution in [-0.4, -0.2) is 34.2 Å². The number of halogens is 1. The molecule has 20 heavy (non-hydrogen) atoms. The normalized spacial score (nSPS) is 16.6. The fraction of sp³-hybridized carbons (Fsp3) is 0.500. The van der Waals surface area contributed by atoms with Gasteiger partial charge in [0, 0.05) is 23.8 Å². The second-order valence-electron chi connectivity index (χ2n) is 4.81. The van der Waals surface area contributed by atoms with Crippen LogP contribution in [0.4, 0.5) is 0 Å². The molecule has 8 heteroatoms. The van der Waals surface area contributed by atoms with Crippen LogP contribution in [0, 0.1) is 5.92 Å².